The topological polar surface area (TPSA) is 30.5 Å². The molecule has 0 heterocycles. The Hall–Kier alpha value is -1.48. The highest BCUT2D eigenvalue weighted by atomic mass is 16.5. The van der Waals surface area contributed by atoms with E-state index in [2.05, 4.69) is 25.2 Å². The van der Waals surface area contributed by atoms with Gasteiger partial charge in [-0.2, -0.15) is 0 Å². The number of benzene rings is 1. The molecule has 1 aromatic carbocycles. The molecular formula is C15H23NO2. The molecule has 18 heavy (non-hydrogen) atoms. The Labute approximate surface area is 110 Å². The third kappa shape index (κ3) is 4.08. The molecule has 100 valence electrons. The predicted octanol–water partition coefficient (Wildman–Crippen LogP) is 2.96. The van der Waals surface area contributed by atoms with Gasteiger partial charge in [-0.05, 0) is 30.7 Å². The van der Waals surface area contributed by atoms with Gasteiger partial charge in [-0.25, -0.2) is 0 Å². The predicted molar refractivity (Wildman–Crippen MR) is 76.3 cm³/mol. The van der Waals surface area contributed by atoms with Crippen LogP contribution in [0.5, 0.6) is 11.5 Å². The highest BCUT2D eigenvalue weighted by Gasteiger charge is 2.05. The van der Waals surface area contributed by atoms with Crippen molar-refractivity contribution >= 4 is 6.08 Å². The van der Waals surface area contributed by atoms with Gasteiger partial charge in [0.15, 0.2) is 0 Å². The van der Waals surface area contributed by atoms with Crippen molar-refractivity contribution < 1.29 is 9.47 Å². The molecule has 0 aromatic heterocycles. The van der Waals surface area contributed by atoms with E-state index in [1.165, 1.54) is 5.57 Å². The number of nitrogens with one attached hydrogen (secondary N) is 1. The van der Waals surface area contributed by atoms with E-state index in [1.807, 2.05) is 25.2 Å². The molecule has 1 rings (SSSR count). The first-order valence-electron chi connectivity index (χ1n) is 6.18. The Morgan fingerprint density at radius 1 is 1.17 bits per heavy atom. The van der Waals surface area contributed by atoms with Crippen LogP contribution >= 0.6 is 0 Å². The Kier molecular flexibility index (Phi) is 5.72. The van der Waals surface area contributed by atoms with Crippen LogP contribution in [0.1, 0.15) is 19.4 Å². The summed E-state index contributed by atoms with van der Waals surface area (Å²) in [6.45, 7) is 5.28. The molecule has 3 nitrogen and oxygen atoms in total. The zero-order valence-electron chi connectivity index (χ0n) is 11.9. The van der Waals surface area contributed by atoms with Gasteiger partial charge in [-0.1, -0.05) is 25.5 Å². The largest absolute Gasteiger partial charge is 0.497 e. The van der Waals surface area contributed by atoms with Crippen molar-refractivity contribution in [1.29, 1.82) is 0 Å². The highest BCUT2D eigenvalue weighted by Crippen LogP contribution is 2.25. The van der Waals surface area contributed by atoms with Crippen molar-refractivity contribution in [2.75, 3.05) is 27.8 Å². The fraction of sp³-hybridized carbons (Fsp3) is 0.467. The van der Waals surface area contributed by atoms with E-state index >= 15 is 0 Å². The molecule has 1 aromatic rings. The fourth-order valence-corrected chi connectivity index (χ4v) is 1.75. The molecule has 0 aliphatic carbocycles. The summed E-state index contributed by atoms with van der Waals surface area (Å²) < 4.78 is 10.5. The quantitative estimate of drug-likeness (QED) is 0.840. The van der Waals surface area contributed by atoms with Crippen LogP contribution in [0.3, 0.4) is 0 Å². The average Bonchev–Trinajstić information content (AvgIpc) is 2.37. The van der Waals surface area contributed by atoms with E-state index in [9.17, 15) is 0 Å². The third-order valence-electron chi connectivity index (χ3n) is 2.85. The first kappa shape index (κ1) is 14.6. The molecule has 0 saturated heterocycles. The summed E-state index contributed by atoms with van der Waals surface area (Å²) in [4.78, 5) is 0. The Balaban J connectivity index is 3.10. The Morgan fingerprint density at radius 3 is 2.11 bits per heavy atom. The first-order chi connectivity index (χ1) is 8.60. The minimum atomic E-state index is 0.509. The van der Waals surface area contributed by atoms with Crippen molar-refractivity contribution in [1.82, 2.24) is 5.32 Å². The summed E-state index contributed by atoms with van der Waals surface area (Å²) in [5.74, 6) is 2.14. The Morgan fingerprint density at radius 2 is 1.72 bits per heavy atom. The summed E-state index contributed by atoms with van der Waals surface area (Å²) in [6.07, 6.45) is 2.19. The first-order valence-corrected chi connectivity index (χ1v) is 6.18. The van der Waals surface area contributed by atoms with Crippen LogP contribution in [0.4, 0.5) is 0 Å². The van der Waals surface area contributed by atoms with E-state index in [1.54, 1.807) is 14.2 Å². The second-order valence-electron chi connectivity index (χ2n) is 4.55. The molecule has 0 bridgehead atoms. The van der Waals surface area contributed by atoms with E-state index in [-0.39, 0.29) is 0 Å². The van der Waals surface area contributed by atoms with Crippen molar-refractivity contribution in [3.8, 4) is 11.5 Å². The van der Waals surface area contributed by atoms with Gasteiger partial charge >= 0.3 is 0 Å². The van der Waals surface area contributed by atoms with Crippen LogP contribution in [0, 0.1) is 5.92 Å². The van der Waals surface area contributed by atoms with Crippen molar-refractivity contribution in [2.45, 2.75) is 13.8 Å². The van der Waals surface area contributed by atoms with Crippen molar-refractivity contribution in [3.05, 3.63) is 29.3 Å². The number of methoxy groups -OCH3 is 2. The standard InChI is InChI=1S/C15H23NO2/c1-11(2)13(10-16-3)6-12-7-14(17-4)9-15(8-12)18-5/h6-9,11,16H,10H2,1-5H3. The zero-order valence-corrected chi connectivity index (χ0v) is 11.9. The number of ether oxygens (including phenoxy) is 2. The van der Waals surface area contributed by atoms with Crippen LogP contribution in [0.15, 0.2) is 23.8 Å². The van der Waals surface area contributed by atoms with Gasteiger partial charge in [-0.15, -0.1) is 0 Å². The lowest BCUT2D eigenvalue weighted by atomic mass is 10.00. The maximum Gasteiger partial charge on any atom is 0.123 e. The van der Waals surface area contributed by atoms with E-state index in [0.29, 0.717) is 5.92 Å². The third-order valence-corrected chi connectivity index (χ3v) is 2.85. The lowest BCUT2D eigenvalue weighted by Crippen LogP contribution is -2.13. The molecule has 0 spiro atoms. The molecule has 0 aliphatic rings. The van der Waals surface area contributed by atoms with Gasteiger partial charge in [0, 0.05) is 12.6 Å². The van der Waals surface area contributed by atoms with Crippen LogP contribution < -0.4 is 14.8 Å². The summed E-state index contributed by atoms with van der Waals surface area (Å²) in [6, 6.07) is 5.91. The molecule has 0 radical (unpaired) electrons. The van der Waals surface area contributed by atoms with Crippen molar-refractivity contribution in [3.63, 3.8) is 0 Å². The monoisotopic (exact) mass is 249 g/mol. The number of hydrogen-bond donors (Lipinski definition) is 1. The van der Waals surface area contributed by atoms with Crippen LogP contribution in [-0.2, 0) is 0 Å². The van der Waals surface area contributed by atoms with Gasteiger partial charge in [0.1, 0.15) is 11.5 Å². The van der Waals surface area contributed by atoms with Gasteiger partial charge in [0.25, 0.3) is 0 Å². The summed E-state index contributed by atoms with van der Waals surface area (Å²) in [7, 11) is 5.29. The van der Waals surface area contributed by atoms with Gasteiger partial charge in [-0.3, -0.25) is 0 Å². The minimum absolute atomic E-state index is 0.509. The number of hydrogen-bond acceptors (Lipinski definition) is 3. The average molecular weight is 249 g/mol. The normalized spacial score (nSPS) is 11.8. The highest BCUT2D eigenvalue weighted by molar-refractivity contribution is 5.58. The lowest BCUT2D eigenvalue weighted by molar-refractivity contribution is 0.394. The van der Waals surface area contributed by atoms with E-state index in [4.69, 9.17) is 9.47 Å². The molecule has 0 unspecified atom stereocenters. The zero-order chi connectivity index (χ0) is 13.5. The maximum atomic E-state index is 5.27. The van der Waals surface area contributed by atoms with Gasteiger partial charge < -0.3 is 14.8 Å². The second kappa shape index (κ2) is 7.07. The molecule has 0 atom stereocenters. The molecule has 1 N–H and O–H groups in total. The Bertz CT molecular complexity index is 389. The molecular weight excluding hydrogens is 226 g/mol. The van der Waals surface area contributed by atoms with Gasteiger partial charge in [0.05, 0.1) is 14.2 Å². The van der Waals surface area contributed by atoms with E-state index < -0.39 is 0 Å². The SMILES string of the molecule is CNCC(=Cc1cc(OC)cc(OC)c1)C(C)C. The van der Waals surface area contributed by atoms with E-state index in [0.717, 1.165) is 23.6 Å². The minimum Gasteiger partial charge on any atom is -0.497 e. The molecule has 0 aliphatic heterocycles. The summed E-state index contributed by atoms with van der Waals surface area (Å²) in [5, 5.41) is 3.20. The fourth-order valence-electron chi connectivity index (χ4n) is 1.75. The molecule has 0 fully saturated rings. The second-order valence-corrected chi connectivity index (χ2v) is 4.55. The number of likely N-dealkylation sites (N-methyl/N-ethyl adjacent to an activating group) is 1. The lowest BCUT2D eigenvalue weighted by Gasteiger charge is -2.12. The van der Waals surface area contributed by atoms with Crippen LogP contribution in [0.2, 0.25) is 0 Å². The molecule has 0 saturated carbocycles. The number of rotatable bonds is 6. The van der Waals surface area contributed by atoms with Crippen LogP contribution in [0.25, 0.3) is 6.08 Å². The molecule has 0 amide bonds. The maximum absolute atomic E-state index is 5.27. The van der Waals surface area contributed by atoms with Crippen LogP contribution in [-0.4, -0.2) is 27.8 Å². The smallest absolute Gasteiger partial charge is 0.123 e. The van der Waals surface area contributed by atoms with Gasteiger partial charge in [0.2, 0.25) is 0 Å². The summed E-state index contributed by atoms with van der Waals surface area (Å²) >= 11 is 0. The summed E-state index contributed by atoms with van der Waals surface area (Å²) in [5.41, 5.74) is 2.46. The van der Waals surface area contributed by atoms with Crippen molar-refractivity contribution in [2.24, 2.45) is 5.92 Å². The molecule has 3 heteroatoms.